The van der Waals surface area contributed by atoms with Gasteiger partial charge >= 0.3 is 0 Å². The molecule has 3 heterocycles. The normalized spacial score (nSPS) is 17.5. The fourth-order valence-corrected chi connectivity index (χ4v) is 3.42. The lowest BCUT2D eigenvalue weighted by atomic mass is 10.1. The van der Waals surface area contributed by atoms with Crippen LogP contribution in [0.2, 0.25) is 0 Å². The predicted octanol–water partition coefficient (Wildman–Crippen LogP) is 3.34. The van der Waals surface area contributed by atoms with Crippen molar-refractivity contribution in [1.29, 1.82) is 0 Å². The first-order chi connectivity index (χ1) is 13.2. The number of carbonyl (C=O) groups is 1. The summed E-state index contributed by atoms with van der Waals surface area (Å²) < 4.78 is 8.10. The van der Waals surface area contributed by atoms with Gasteiger partial charge in [-0.2, -0.15) is 5.10 Å². The van der Waals surface area contributed by atoms with Gasteiger partial charge in [-0.25, -0.2) is 9.50 Å². The minimum absolute atomic E-state index is 0.0157. The zero-order valence-corrected chi connectivity index (χ0v) is 15.1. The van der Waals surface area contributed by atoms with Crippen LogP contribution < -0.4 is 4.74 Å². The molecule has 0 N–H and O–H groups in total. The number of nitrogens with zero attached hydrogens (tertiary/aromatic N) is 4. The maximum absolute atomic E-state index is 11.9. The molecule has 1 aliphatic heterocycles. The van der Waals surface area contributed by atoms with Crippen LogP contribution >= 0.6 is 0 Å². The average molecular weight is 362 g/mol. The topological polar surface area (TPSA) is 59.7 Å². The van der Waals surface area contributed by atoms with Gasteiger partial charge in [0.25, 0.3) is 0 Å². The van der Waals surface area contributed by atoms with Gasteiger partial charge in [0.1, 0.15) is 11.6 Å². The average Bonchev–Trinajstić information content (AvgIpc) is 3.07. The Morgan fingerprint density at radius 3 is 2.85 bits per heavy atom. The van der Waals surface area contributed by atoms with Crippen LogP contribution in [0.4, 0.5) is 0 Å². The van der Waals surface area contributed by atoms with E-state index in [1.165, 1.54) is 6.08 Å². The number of hydrogen-bond acceptors (Lipinski definition) is 4. The number of ether oxygens (including phenoxy) is 1. The maximum atomic E-state index is 11.9. The van der Waals surface area contributed by atoms with Gasteiger partial charge in [-0.05, 0) is 25.0 Å². The van der Waals surface area contributed by atoms with E-state index in [9.17, 15) is 4.79 Å². The third-order valence-electron chi connectivity index (χ3n) is 4.87. The molecule has 0 aliphatic carbocycles. The smallest absolute Gasteiger partial charge is 0.245 e. The van der Waals surface area contributed by atoms with Gasteiger partial charge in [-0.15, -0.1) is 0 Å². The van der Waals surface area contributed by atoms with Crippen molar-refractivity contribution in [2.75, 3.05) is 13.1 Å². The molecule has 27 heavy (non-hydrogen) atoms. The highest BCUT2D eigenvalue weighted by Gasteiger charge is 2.22. The first-order valence-corrected chi connectivity index (χ1v) is 9.22. The molecule has 3 aromatic rings. The van der Waals surface area contributed by atoms with Gasteiger partial charge in [-0.1, -0.05) is 36.9 Å². The van der Waals surface area contributed by atoms with Crippen molar-refractivity contribution in [3.05, 3.63) is 61.4 Å². The van der Waals surface area contributed by atoms with Crippen LogP contribution in [-0.4, -0.2) is 44.6 Å². The Kier molecular flexibility index (Phi) is 4.87. The molecule has 6 nitrogen and oxygen atoms in total. The summed E-state index contributed by atoms with van der Waals surface area (Å²) >= 11 is 0. The summed E-state index contributed by atoms with van der Waals surface area (Å²) in [5.74, 6) is 0.570. The Hall–Kier alpha value is -3.15. The minimum Gasteiger partial charge on any atom is -0.473 e. The van der Waals surface area contributed by atoms with E-state index in [-0.39, 0.29) is 12.0 Å². The third kappa shape index (κ3) is 3.69. The summed E-state index contributed by atoms with van der Waals surface area (Å²) in [6, 6.07) is 11.9. The summed E-state index contributed by atoms with van der Waals surface area (Å²) in [7, 11) is 0. The first-order valence-electron chi connectivity index (χ1n) is 9.22. The van der Waals surface area contributed by atoms with E-state index in [1.54, 1.807) is 10.7 Å². The molecule has 138 valence electrons. The maximum Gasteiger partial charge on any atom is 0.245 e. The second kappa shape index (κ2) is 7.61. The number of hydrogen-bond donors (Lipinski definition) is 0. The van der Waals surface area contributed by atoms with Gasteiger partial charge < -0.3 is 9.64 Å². The predicted molar refractivity (Wildman–Crippen MR) is 103 cm³/mol. The zero-order valence-electron chi connectivity index (χ0n) is 15.1. The van der Waals surface area contributed by atoms with Crippen molar-refractivity contribution in [2.45, 2.75) is 25.4 Å². The molecule has 1 unspecified atom stereocenters. The van der Waals surface area contributed by atoms with Crippen LogP contribution in [0, 0.1) is 0 Å². The molecule has 6 heteroatoms. The fourth-order valence-electron chi connectivity index (χ4n) is 3.42. The van der Waals surface area contributed by atoms with Crippen molar-refractivity contribution in [3.8, 4) is 17.1 Å². The third-order valence-corrected chi connectivity index (χ3v) is 4.87. The van der Waals surface area contributed by atoms with Gasteiger partial charge in [0, 0.05) is 25.1 Å². The number of benzene rings is 1. The Bertz CT molecular complexity index is 951. The van der Waals surface area contributed by atoms with E-state index in [0.717, 1.165) is 42.6 Å². The molecule has 1 atom stereocenters. The molecular weight excluding hydrogens is 340 g/mol. The van der Waals surface area contributed by atoms with E-state index in [0.29, 0.717) is 12.4 Å². The zero-order chi connectivity index (χ0) is 18.6. The molecule has 2 aromatic heterocycles. The number of fused-ring (bicyclic) bond motifs is 1. The molecule has 1 saturated heterocycles. The van der Waals surface area contributed by atoms with Crippen molar-refractivity contribution >= 4 is 11.4 Å². The molecule has 1 fully saturated rings. The van der Waals surface area contributed by atoms with E-state index < -0.39 is 0 Å². The molecule has 1 aliphatic rings. The molecule has 1 amide bonds. The molecule has 0 bridgehead atoms. The van der Waals surface area contributed by atoms with Crippen molar-refractivity contribution in [2.24, 2.45) is 0 Å². The lowest BCUT2D eigenvalue weighted by Crippen LogP contribution is -2.30. The highest BCUT2D eigenvalue weighted by molar-refractivity contribution is 5.87. The number of amides is 1. The largest absolute Gasteiger partial charge is 0.473 e. The second-order valence-electron chi connectivity index (χ2n) is 6.66. The summed E-state index contributed by atoms with van der Waals surface area (Å²) in [6.45, 7) is 4.99. The summed E-state index contributed by atoms with van der Waals surface area (Å²) in [6.07, 6.45) is 7.62. The lowest BCUT2D eigenvalue weighted by molar-refractivity contribution is -0.126. The van der Waals surface area contributed by atoms with Crippen LogP contribution in [0.1, 0.15) is 19.3 Å². The molecule has 0 spiro atoms. The van der Waals surface area contributed by atoms with Crippen molar-refractivity contribution in [3.63, 3.8) is 0 Å². The number of aromatic nitrogens is 3. The van der Waals surface area contributed by atoms with Gasteiger partial charge in [-0.3, -0.25) is 4.79 Å². The Morgan fingerprint density at radius 1 is 1.19 bits per heavy atom. The van der Waals surface area contributed by atoms with E-state index in [1.807, 2.05) is 47.5 Å². The number of carbonyl (C=O) groups excluding carboxylic acids is 1. The molecular formula is C21H22N4O2. The summed E-state index contributed by atoms with van der Waals surface area (Å²) in [4.78, 5) is 18.5. The summed E-state index contributed by atoms with van der Waals surface area (Å²) in [5.41, 5.74) is 2.68. The first kappa shape index (κ1) is 17.3. The van der Waals surface area contributed by atoms with Crippen LogP contribution in [0.5, 0.6) is 5.88 Å². The standard InChI is InChI=1S/C21H22N4O2/c1-2-20(26)24-13-6-9-17(11-14-24)27-21-19-10-12-22-25(19)15-18(23-21)16-7-4-3-5-8-16/h2-5,7-8,10,12,15,17H,1,6,9,11,13-14H2. The van der Waals surface area contributed by atoms with Gasteiger partial charge in [0.05, 0.1) is 18.1 Å². The minimum atomic E-state index is -0.0157. The second-order valence-corrected chi connectivity index (χ2v) is 6.66. The van der Waals surface area contributed by atoms with Crippen LogP contribution in [0.15, 0.2) is 61.4 Å². The van der Waals surface area contributed by atoms with Crippen molar-refractivity contribution in [1.82, 2.24) is 19.5 Å². The quantitative estimate of drug-likeness (QED) is 0.668. The SMILES string of the molecule is C=CC(=O)N1CCCC(Oc2nc(-c3ccccc3)cn3nccc23)CC1. The van der Waals surface area contributed by atoms with E-state index in [2.05, 4.69) is 11.7 Å². The van der Waals surface area contributed by atoms with Crippen LogP contribution in [0.25, 0.3) is 16.8 Å². The Labute approximate surface area is 158 Å². The Balaban J connectivity index is 1.59. The monoisotopic (exact) mass is 362 g/mol. The van der Waals surface area contributed by atoms with Crippen LogP contribution in [0.3, 0.4) is 0 Å². The Morgan fingerprint density at radius 2 is 2.04 bits per heavy atom. The van der Waals surface area contributed by atoms with Crippen molar-refractivity contribution < 1.29 is 9.53 Å². The lowest BCUT2D eigenvalue weighted by Gasteiger charge is -2.19. The molecule has 1 aromatic carbocycles. The number of likely N-dealkylation sites (tertiary alicyclic amines) is 1. The fraction of sp³-hybridized carbons (Fsp3) is 0.286. The highest BCUT2D eigenvalue weighted by Crippen LogP contribution is 2.26. The molecule has 0 radical (unpaired) electrons. The highest BCUT2D eigenvalue weighted by atomic mass is 16.5. The van der Waals surface area contributed by atoms with Gasteiger partial charge in [0.2, 0.25) is 11.8 Å². The molecule has 0 saturated carbocycles. The summed E-state index contributed by atoms with van der Waals surface area (Å²) in [5, 5.41) is 4.36. The van der Waals surface area contributed by atoms with Crippen LogP contribution in [-0.2, 0) is 4.79 Å². The van der Waals surface area contributed by atoms with E-state index >= 15 is 0 Å². The van der Waals surface area contributed by atoms with Gasteiger partial charge in [0.15, 0.2) is 0 Å². The molecule has 4 rings (SSSR count). The van der Waals surface area contributed by atoms with E-state index in [4.69, 9.17) is 9.72 Å². The number of rotatable bonds is 4.